The highest BCUT2D eigenvalue weighted by Gasteiger charge is 1.70. The van der Waals surface area contributed by atoms with Crippen molar-refractivity contribution < 1.29 is 4.74 Å². The molecule has 0 bridgehead atoms. The molecule has 0 N–H and O–H groups in total. The number of ether oxygens (including phenoxy) is 1. The standard InChI is InChI=1S/C4H4ClO/c1-2-3-6-4-5/h3-4H2. The predicted molar refractivity (Wildman–Crippen MR) is 23.8 cm³/mol. The number of hydrogen-bond acceptors (Lipinski definition) is 1. The molecule has 6 heavy (non-hydrogen) atoms. The number of rotatable bonds is 2. The summed E-state index contributed by atoms with van der Waals surface area (Å²) in [5.74, 6) is 2.01. The minimum Gasteiger partial charge on any atom is -0.353 e. The molecule has 0 aliphatic carbocycles. The summed E-state index contributed by atoms with van der Waals surface area (Å²) in [6.45, 7) is 0.198. The quantitative estimate of drug-likeness (QED) is 0.285. The maximum atomic E-state index is 6.27. The summed E-state index contributed by atoms with van der Waals surface area (Å²) in [6, 6.07) is 0.145. The van der Waals surface area contributed by atoms with Crippen molar-refractivity contribution in [3.8, 4) is 5.92 Å². The second kappa shape index (κ2) is 4.81. The Hall–Kier alpha value is -0.190. The number of alkyl halides is 1. The lowest BCUT2D eigenvalue weighted by Gasteiger charge is -1.83. The van der Waals surface area contributed by atoms with Gasteiger partial charge in [-0.3, -0.25) is 0 Å². The first-order valence-electron chi connectivity index (χ1n) is 1.45. The lowest BCUT2D eigenvalue weighted by Crippen LogP contribution is -1.84. The van der Waals surface area contributed by atoms with E-state index in [1.165, 1.54) is 0 Å². The van der Waals surface area contributed by atoms with E-state index in [1.54, 1.807) is 0 Å². The zero-order valence-corrected chi connectivity index (χ0v) is 3.96. The van der Waals surface area contributed by atoms with Gasteiger partial charge < -0.3 is 4.74 Å². The van der Waals surface area contributed by atoms with Crippen LogP contribution < -0.4 is 0 Å². The van der Waals surface area contributed by atoms with Gasteiger partial charge in [-0.2, -0.15) is 0 Å². The SMILES string of the molecule is [C]#CCOCCl. The Bertz CT molecular complexity index is 55.1. The van der Waals surface area contributed by atoms with E-state index >= 15 is 0 Å². The maximum Gasteiger partial charge on any atom is 0.122 e. The van der Waals surface area contributed by atoms with Crippen molar-refractivity contribution in [2.45, 2.75) is 0 Å². The molecular weight excluding hydrogens is 99.5 g/mol. The highest BCUT2D eigenvalue weighted by atomic mass is 35.5. The van der Waals surface area contributed by atoms with Gasteiger partial charge in [-0.25, -0.2) is 0 Å². The fourth-order valence-corrected chi connectivity index (χ4v) is 0.167. The molecule has 0 aromatic carbocycles. The Morgan fingerprint density at radius 2 is 2.50 bits per heavy atom. The molecule has 0 fully saturated rings. The number of hydrogen-bond donors (Lipinski definition) is 0. The average molecular weight is 104 g/mol. The molecule has 0 aliphatic heterocycles. The fourth-order valence-electron chi connectivity index (χ4n) is 0.0896. The molecule has 0 aromatic rings. The molecule has 0 rings (SSSR count). The molecule has 0 aromatic heterocycles. The minimum atomic E-state index is 0.145. The molecule has 0 atom stereocenters. The third-order valence-corrected chi connectivity index (χ3v) is 0.406. The highest BCUT2D eigenvalue weighted by molar-refractivity contribution is 6.17. The van der Waals surface area contributed by atoms with Gasteiger partial charge in [-0.1, -0.05) is 17.5 Å². The Balaban J connectivity index is 2.54. The lowest BCUT2D eigenvalue weighted by atomic mass is 10.8. The summed E-state index contributed by atoms with van der Waals surface area (Å²) in [4.78, 5) is 0. The second-order valence-electron chi connectivity index (χ2n) is 0.634. The summed E-state index contributed by atoms with van der Waals surface area (Å²) >= 11 is 5.03. The Kier molecular flexibility index (Phi) is 4.66. The molecule has 0 aliphatic rings. The highest BCUT2D eigenvalue weighted by Crippen LogP contribution is 1.74. The summed E-state index contributed by atoms with van der Waals surface area (Å²) in [5, 5.41) is 0. The van der Waals surface area contributed by atoms with Crippen LogP contribution in [0, 0.1) is 12.3 Å². The van der Waals surface area contributed by atoms with Gasteiger partial charge >= 0.3 is 0 Å². The van der Waals surface area contributed by atoms with Crippen molar-refractivity contribution in [1.82, 2.24) is 0 Å². The Labute approximate surface area is 42.3 Å². The van der Waals surface area contributed by atoms with E-state index in [-0.39, 0.29) is 12.7 Å². The van der Waals surface area contributed by atoms with Crippen LogP contribution in [0.3, 0.4) is 0 Å². The van der Waals surface area contributed by atoms with Crippen LogP contribution in [0.25, 0.3) is 0 Å². The van der Waals surface area contributed by atoms with Crippen LogP contribution in [-0.2, 0) is 4.74 Å². The van der Waals surface area contributed by atoms with Crippen LogP contribution in [0.5, 0.6) is 0 Å². The topological polar surface area (TPSA) is 9.23 Å². The molecular formula is C4H4ClO. The molecule has 0 amide bonds. The number of halogens is 1. The van der Waals surface area contributed by atoms with E-state index in [0.29, 0.717) is 0 Å². The van der Waals surface area contributed by atoms with Crippen LogP contribution in [0.2, 0.25) is 0 Å². The molecule has 2 heteroatoms. The molecule has 0 unspecified atom stereocenters. The maximum absolute atomic E-state index is 6.27. The smallest absolute Gasteiger partial charge is 0.122 e. The lowest BCUT2D eigenvalue weighted by molar-refractivity contribution is 0.218. The molecule has 0 heterocycles. The molecule has 0 saturated carbocycles. The summed E-state index contributed by atoms with van der Waals surface area (Å²) in [7, 11) is 0. The fraction of sp³-hybridized carbons (Fsp3) is 0.500. The monoisotopic (exact) mass is 103 g/mol. The van der Waals surface area contributed by atoms with Crippen molar-refractivity contribution >= 4 is 11.6 Å². The first-order valence-corrected chi connectivity index (χ1v) is 1.98. The van der Waals surface area contributed by atoms with Crippen LogP contribution in [0.15, 0.2) is 0 Å². The van der Waals surface area contributed by atoms with Gasteiger partial charge in [0.2, 0.25) is 0 Å². The first-order chi connectivity index (χ1) is 2.91. The van der Waals surface area contributed by atoms with Gasteiger partial charge in [0.25, 0.3) is 0 Å². The van der Waals surface area contributed by atoms with E-state index in [0.717, 1.165) is 0 Å². The zero-order valence-electron chi connectivity index (χ0n) is 3.20. The van der Waals surface area contributed by atoms with Gasteiger partial charge in [-0.05, 0) is 6.42 Å². The van der Waals surface area contributed by atoms with E-state index in [2.05, 4.69) is 4.74 Å². The first kappa shape index (κ1) is 5.81. The van der Waals surface area contributed by atoms with Crippen molar-refractivity contribution in [2.75, 3.05) is 12.7 Å². The van der Waals surface area contributed by atoms with Gasteiger partial charge in [0.1, 0.15) is 12.7 Å². The Morgan fingerprint density at radius 1 is 1.83 bits per heavy atom. The van der Waals surface area contributed by atoms with Gasteiger partial charge in [0.05, 0.1) is 0 Å². The predicted octanol–water partition coefficient (Wildman–Crippen LogP) is 0.789. The van der Waals surface area contributed by atoms with Crippen molar-refractivity contribution in [1.29, 1.82) is 0 Å². The van der Waals surface area contributed by atoms with Gasteiger partial charge in [-0.15, -0.1) is 0 Å². The van der Waals surface area contributed by atoms with Crippen LogP contribution >= 0.6 is 11.6 Å². The summed E-state index contributed by atoms with van der Waals surface area (Å²) in [6.07, 6.45) is 6.27. The Morgan fingerprint density at radius 3 is 2.67 bits per heavy atom. The largest absolute Gasteiger partial charge is 0.353 e. The second-order valence-corrected chi connectivity index (χ2v) is 0.853. The molecule has 1 nitrogen and oxygen atoms in total. The molecule has 0 saturated heterocycles. The minimum absolute atomic E-state index is 0.145. The van der Waals surface area contributed by atoms with E-state index < -0.39 is 0 Å². The third kappa shape index (κ3) is 3.81. The average Bonchev–Trinajstić information content (AvgIpc) is 1.61. The van der Waals surface area contributed by atoms with Gasteiger partial charge in [0, 0.05) is 0 Å². The zero-order chi connectivity index (χ0) is 4.83. The van der Waals surface area contributed by atoms with Crippen LogP contribution in [0.4, 0.5) is 0 Å². The third-order valence-electron chi connectivity index (χ3n) is 0.251. The van der Waals surface area contributed by atoms with E-state index in [9.17, 15) is 0 Å². The van der Waals surface area contributed by atoms with Crippen molar-refractivity contribution in [3.05, 3.63) is 6.42 Å². The van der Waals surface area contributed by atoms with Crippen LogP contribution in [0.1, 0.15) is 0 Å². The molecule has 0 spiro atoms. The van der Waals surface area contributed by atoms with E-state index in [1.807, 2.05) is 5.92 Å². The van der Waals surface area contributed by atoms with Crippen molar-refractivity contribution in [2.24, 2.45) is 0 Å². The normalized spacial score (nSPS) is 7.33. The molecule has 33 valence electrons. The van der Waals surface area contributed by atoms with E-state index in [4.69, 9.17) is 18.0 Å². The molecule has 1 radical (unpaired) electrons. The summed E-state index contributed by atoms with van der Waals surface area (Å²) < 4.78 is 4.45. The van der Waals surface area contributed by atoms with Gasteiger partial charge in [0.15, 0.2) is 0 Å². The van der Waals surface area contributed by atoms with Crippen LogP contribution in [-0.4, -0.2) is 12.7 Å². The van der Waals surface area contributed by atoms with Crippen molar-refractivity contribution in [3.63, 3.8) is 0 Å². The summed E-state index contributed by atoms with van der Waals surface area (Å²) in [5.41, 5.74) is 0.